The third-order valence-electron chi connectivity index (χ3n) is 5.27. The van der Waals surface area contributed by atoms with Crippen LogP contribution in [0.2, 0.25) is 5.02 Å². The number of rotatable bonds is 8. The Balaban J connectivity index is 1.79. The standard InChI is InChI=1S/C23H18ClFN6O3/c1-2-30-23(28-22(29-30)19-12-26-8-9-27-19)14-6-7-20(31(33)34)15(10-14)11-16(13-32)21-17(24)4-3-5-18(21)25/h3-10,12-13,16H,2,11H2,1H3. The van der Waals surface area contributed by atoms with Gasteiger partial charge in [0.1, 0.15) is 17.8 Å². The average molecular weight is 481 g/mol. The number of aryl methyl sites for hydroxylation is 1. The topological polar surface area (TPSA) is 117 Å². The summed E-state index contributed by atoms with van der Waals surface area (Å²) in [5.41, 5.74) is 1.08. The van der Waals surface area contributed by atoms with Gasteiger partial charge in [-0.25, -0.2) is 19.0 Å². The number of nitro groups is 1. The Labute approximate surface area is 198 Å². The molecule has 1 atom stereocenters. The van der Waals surface area contributed by atoms with E-state index >= 15 is 0 Å². The van der Waals surface area contributed by atoms with Gasteiger partial charge in [-0.3, -0.25) is 15.1 Å². The van der Waals surface area contributed by atoms with Crippen LogP contribution in [0.4, 0.5) is 10.1 Å². The first-order valence-corrected chi connectivity index (χ1v) is 10.7. The van der Waals surface area contributed by atoms with E-state index in [9.17, 15) is 19.3 Å². The Hall–Kier alpha value is -4.05. The maximum Gasteiger partial charge on any atom is 0.272 e. The van der Waals surface area contributed by atoms with Gasteiger partial charge in [0.2, 0.25) is 5.82 Å². The van der Waals surface area contributed by atoms with Gasteiger partial charge in [0.15, 0.2) is 5.82 Å². The van der Waals surface area contributed by atoms with Crippen LogP contribution < -0.4 is 0 Å². The molecule has 2 heterocycles. The second kappa shape index (κ2) is 9.84. The van der Waals surface area contributed by atoms with E-state index < -0.39 is 16.7 Å². The van der Waals surface area contributed by atoms with Crippen molar-refractivity contribution in [3.8, 4) is 22.9 Å². The van der Waals surface area contributed by atoms with E-state index in [0.717, 1.165) is 0 Å². The highest BCUT2D eigenvalue weighted by Crippen LogP contribution is 2.33. The first-order chi connectivity index (χ1) is 16.4. The normalized spacial score (nSPS) is 11.9. The van der Waals surface area contributed by atoms with Gasteiger partial charge in [-0.1, -0.05) is 17.7 Å². The van der Waals surface area contributed by atoms with Crippen molar-refractivity contribution in [1.29, 1.82) is 0 Å². The van der Waals surface area contributed by atoms with Crippen molar-refractivity contribution in [3.63, 3.8) is 0 Å². The van der Waals surface area contributed by atoms with Crippen LogP contribution in [0.1, 0.15) is 24.0 Å². The second-order valence-corrected chi connectivity index (χ2v) is 7.76. The van der Waals surface area contributed by atoms with Gasteiger partial charge in [0.25, 0.3) is 5.69 Å². The molecule has 0 N–H and O–H groups in total. The molecule has 9 nitrogen and oxygen atoms in total. The molecule has 0 saturated carbocycles. The van der Waals surface area contributed by atoms with E-state index in [0.29, 0.717) is 35.7 Å². The number of carbonyl (C=O) groups is 1. The fourth-order valence-electron chi connectivity index (χ4n) is 3.69. The summed E-state index contributed by atoms with van der Waals surface area (Å²) < 4.78 is 16.1. The van der Waals surface area contributed by atoms with Gasteiger partial charge in [-0.2, -0.15) is 0 Å². The number of hydrogen-bond acceptors (Lipinski definition) is 7. The number of nitrogens with zero attached hydrogens (tertiary/aromatic N) is 6. The molecule has 4 aromatic rings. The Morgan fingerprint density at radius 1 is 1.26 bits per heavy atom. The zero-order chi connectivity index (χ0) is 24.2. The van der Waals surface area contributed by atoms with Gasteiger partial charge >= 0.3 is 0 Å². The van der Waals surface area contributed by atoms with Crippen molar-refractivity contribution in [2.45, 2.75) is 25.8 Å². The summed E-state index contributed by atoms with van der Waals surface area (Å²) in [5, 5.41) is 16.2. The van der Waals surface area contributed by atoms with E-state index in [1.165, 1.54) is 42.9 Å². The molecule has 4 rings (SSSR count). The van der Waals surface area contributed by atoms with Crippen molar-refractivity contribution < 1.29 is 14.1 Å². The number of nitro benzene ring substituents is 1. The van der Waals surface area contributed by atoms with Crippen LogP contribution in [0.25, 0.3) is 22.9 Å². The number of aromatic nitrogens is 5. The lowest BCUT2D eigenvalue weighted by atomic mass is 9.91. The minimum atomic E-state index is -1.01. The predicted molar refractivity (Wildman–Crippen MR) is 123 cm³/mol. The smallest absolute Gasteiger partial charge is 0.272 e. The molecule has 34 heavy (non-hydrogen) atoms. The Bertz CT molecular complexity index is 1340. The van der Waals surface area contributed by atoms with Crippen LogP contribution in [-0.4, -0.2) is 35.9 Å². The van der Waals surface area contributed by atoms with Crippen molar-refractivity contribution in [1.82, 2.24) is 24.7 Å². The fraction of sp³-hybridized carbons (Fsp3) is 0.174. The molecule has 0 amide bonds. The summed E-state index contributed by atoms with van der Waals surface area (Å²) in [6.45, 7) is 2.37. The highest BCUT2D eigenvalue weighted by atomic mass is 35.5. The van der Waals surface area contributed by atoms with Crippen LogP contribution in [-0.2, 0) is 17.8 Å². The zero-order valence-electron chi connectivity index (χ0n) is 17.9. The van der Waals surface area contributed by atoms with E-state index in [4.69, 9.17) is 11.6 Å². The minimum Gasteiger partial charge on any atom is -0.303 e. The molecule has 11 heteroatoms. The van der Waals surface area contributed by atoms with Crippen molar-refractivity contribution >= 4 is 23.6 Å². The van der Waals surface area contributed by atoms with Crippen LogP contribution in [0.5, 0.6) is 0 Å². The summed E-state index contributed by atoms with van der Waals surface area (Å²) >= 11 is 6.13. The molecule has 0 fully saturated rings. The van der Waals surface area contributed by atoms with E-state index in [1.807, 2.05) is 6.92 Å². The van der Waals surface area contributed by atoms with Crippen LogP contribution in [0.3, 0.4) is 0 Å². The van der Waals surface area contributed by atoms with Crippen LogP contribution >= 0.6 is 11.6 Å². The van der Waals surface area contributed by atoms with Gasteiger partial charge in [0.05, 0.1) is 11.1 Å². The predicted octanol–water partition coefficient (Wildman–Crippen LogP) is 4.65. The summed E-state index contributed by atoms with van der Waals surface area (Å²) in [4.78, 5) is 35.8. The van der Waals surface area contributed by atoms with Crippen molar-refractivity contribution in [2.75, 3.05) is 0 Å². The number of aldehydes is 1. The quantitative estimate of drug-likeness (QED) is 0.205. The highest BCUT2D eigenvalue weighted by molar-refractivity contribution is 6.31. The largest absolute Gasteiger partial charge is 0.303 e. The van der Waals surface area contributed by atoms with Gasteiger partial charge in [-0.05, 0) is 37.6 Å². The van der Waals surface area contributed by atoms with Crippen molar-refractivity contribution in [3.05, 3.63) is 87.1 Å². The third kappa shape index (κ3) is 4.53. The molecule has 1 unspecified atom stereocenters. The monoisotopic (exact) mass is 480 g/mol. The van der Waals surface area contributed by atoms with Gasteiger partial charge < -0.3 is 4.79 Å². The number of carbonyl (C=O) groups excluding carboxylic acids is 1. The lowest BCUT2D eigenvalue weighted by molar-refractivity contribution is -0.385. The first kappa shape index (κ1) is 23.1. The Morgan fingerprint density at radius 3 is 2.74 bits per heavy atom. The Morgan fingerprint density at radius 2 is 2.09 bits per heavy atom. The molecular weight excluding hydrogens is 463 g/mol. The fourth-order valence-corrected chi connectivity index (χ4v) is 3.99. The molecule has 2 aromatic heterocycles. The van der Waals surface area contributed by atoms with Gasteiger partial charge in [0, 0.05) is 52.6 Å². The molecule has 0 aliphatic carbocycles. The Kier molecular flexibility index (Phi) is 6.69. The van der Waals surface area contributed by atoms with E-state index in [1.54, 1.807) is 16.8 Å². The summed E-state index contributed by atoms with van der Waals surface area (Å²) in [7, 11) is 0. The van der Waals surface area contributed by atoms with E-state index in [-0.39, 0.29) is 28.3 Å². The molecule has 0 radical (unpaired) electrons. The first-order valence-electron chi connectivity index (χ1n) is 10.3. The maximum atomic E-state index is 14.4. The molecule has 172 valence electrons. The maximum absolute atomic E-state index is 14.4. The molecule has 0 spiro atoms. The van der Waals surface area contributed by atoms with E-state index in [2.05, 4.69) is 20.1 Å². The third-order valence-corrected chi connectivity index (χ3v) is 5.60. The molecule has 0 saturated heterocycles. The van der Waals surface area contributed by atoms with Crippen LogP contribution in [0, 0.1) is 15.9 Å². The number of hydrogen-bond donors (Lipinski definition) is 0. The molecule has 0 aliphatic rings. The summed E-state index contributed by atoms with van der Waals surface area (Å²) in [6, 6.07) is 8.56. The zero-order valence-corrected chi connectivity index (χ0v) is 18.7. The van der Waals surface area contributed by atoms with Crippen molar-refractivity contribution in [2.24, 2.45) is 0 Å². The molecular formula is C23H18ClFN6O3. The molecule has 0 aliphatic heterocycles. The second-order valence-electron chi connectivity index (χ2n) is 7.35. The summed E-state index contributed by atoms with van der Waals surface area (Å²) in [5.74, 6) is -0.843. The average Bonchev–Trinajstić information content (AvgIpc) is 3.28. The van der Waals surface area contributed by atoms with Crippen LogP contribution in [0.15, 0.2) is 55.0 Å². The molecule has 0 bridgehead atoms. The van der Waals surface area contributed by atoms with Gasteiger partial charge in [-0.15, -0.1) is 5.10 Å². The minimum absolute atomic E-state index is 0.000492. The summed E-state index contributed by atoms with van der Waals surface area (Å²) in [6.07, 6.45) is 5.02. The SMILES string of the molecule is CCn1nc(-c2cnccn2)nc1-c1ccc([N+](=O)[O-])c(CC(C=O)c2c(F)cccc2Cl)c1. The highest BCUT2D eigenvalue weighted by Gasteiger charge is 2.25. The lowest BCUT2D eigenvalue weighted by Gasteiger charge is -2.14. The lowest BCUT2D eigenvalue weighted by Crippen LogP contribution is -2.10. The number of benzene rings is 2. The number of halogens is 2. The molecule has 2 aromatic carbocycles.